The second-order valence-electron chi connectivity index (χ2n) is 7.83. The largest absolute Gasteiger partial charge is 0.338 e. The maximum Gasteiger partial charge on any atom is 0.317 e. The zero-order chi connectivity index (χ0) is 20.6. The number of rotatable bonds is 8. The lowest BCUT2D eigenvalue weighted by atomic mass is 10.2. The highest BCUT2D eigenvalue weighted by Crippen LogP contribution is 2.14. The first-order valence-electron chi connectivity index (χ1n) is 10.4. The molecule has 0 saturated carbocycles. The molecule has 2 amide bonds. The van der Waals surface area contributed by atoms with Crippen LogP contribution in [0.5, 0.6) is 0 Å². The predicted molar refractivity (Wildman–Crippen MR) is 110 cm³/mol. The maximum absolute atomic E-state index is 13.2. The molecule has 1 aliphatic rings. The van der Waals surface area contributed by atoms with Gasteiger partial charge in [0.2, 0.25) is 0 Å². The topological polar surface area (TPSA) is 66.3 Å². The molecule has 0 spiro atoms. The van der Waals surface area contributed by atoms with Crippen molar-refractivity contribution in [3.05, 3.63) is 47.3 Å². The summed E-state index contributed by atoms with van der Waals surface area (Å²) in [6, 6.07) is 6.17. The Labute approximate surface area is 171 Å². The van der Waals surface area contributed by atoms with Crippen LogP contribution in [0.3, 0.4) is 0 Å². The molecule has 2 aromatic rings. The number of aryl methyl sites for hydroxylation is 1. The zero-order valence-corrected chi connectivity index (χ0v) is 17.4. The molecular weight excluding hydrogens is 371 g/mol. The van der Waals surface area contributed by atoms with Gasteiger partial charge in [0.05, 0.1) is 0 Å². The highest BCUT2D eigenvalue weighted by atomic mass is 19.1. The maximum atomic E-state index is 13.2. The highest BCUT2D eigenvalue weighted by molar-refractivity contribution is 5.74. The molecule has 0 bridgehead atoms. The number of amides is 2. The van der Waals surface area contributed by atoms with Gasteiger partial charge in [-0.2, -0.15) is 0 Å². The lowest BCUT2D eigenvalue weighted by Crippen LogP contribution is -2.43. The van der Waals surface area contributed by atoms with Crippen LogP contribution in [0.15, 0.2) is 24.3 Å². The number of carbonyl (C=O) groups excluding carboxylic acids is 1. The number of urea groups is 1. The summed E-state index contributed by atoms with van der Waals surface area (Å²) >= 11 is 0. The standard InChI is InChI=1S/C21H31FN6O/c1-26(2)14-15-27(16-17-7-9-18(22)10-8-17)21(29)23-12-11-20-25-24-19-6-4-3-5-13-28(19)20/h7-10H,3-6,11-16H2,1-2H3,(H,23,29). The van der Waals surface area contributed by atoms with Crippen molar-refractivity contribution in [1.29, 1.82) is 0 Å². The van der Waals surface area contributed by atoms with Crippen molar-refractivity contribution < 1.29 is 9.18 Å². The molecular formula is C21H31FN6O. The summed E-state index contributed by atoms with van der Waals surface area (Å²) in [7, 11) is 3.95. The molecule has 1 N–H and O–H groups in total. The molecule has 0 saturated heterocycles. The molecule has 0 aliphatic carbocycles. The fourth-order valence-corrected chi connectivity index (χ4v) is 3.51. The van der Waals surface area contributed by atoms with Crippen LogP contribution < -0.4 is 5.32 Å². The molecule has 0 atom stereocenters. The van der Waals surface area contributed by atoms with Crippen LogP contribution in [-0.2, 0) is 25.9 Å². The SMILES string of the molecule is CN(C)CCN(Cc1ccc(F)cc1)C(=O)NCCc1nnc2n1CCCCC2. The first-order valence-corrected chi connectivity index (χ1v) is 10.4. The van der Waals surface area contributed by atoms with Gasteiger partial charge in [-0.05, 0) is 44.6 Å². The van der Waals surface area contributed by atoms with Gasteiger partial charge >= 0.3 is 6.03 Å². The smallest absolute Gasteiger partial charge is 0.317 e. The van der Waals surface area contributed by atoms with Gasteiger partial charge in [0.25, 0.3) is 0 Å². The van der Waals surface area contributed by atoms with Crippen LogP contribution >= 0.6 is 0 Å². The van der Waals surface area contributed by atoms with Gasteiger partial charge in [-0.3, -0.25) is 0 Å². The Morgan fingerprint density at radius 1 is 1.14 bits per heavy atom. The lowest BCUT2D eigenvalue weighted by Gasteiger charge is -2.25. The van der Waals surface area contributed by atoms with Crippen LogP contribution in [0.1, 0.15) is 36.5 Å². The van der Waals surface area contributed by atoms with Crippen LogP contribution in [0.4, 0.5) is 9.18 Å². The van der Waals surface area contributed by atoms with E-state index in [0.717, 1.165) is 43.1 Å². The summed E-state index contributed by atoms with van der Waals surface area (Å²) in [6.45, 7) is 3.27. The summed E-state index contributed by atoms with van der Waals surface area (Å²) in [5.41, 5.74) is 0.906. The van der Waals surface area contributed by atoms with Crippen molar-refractivity contribution in [2.24, 2.45) is 0 Å². The lowest BCUT2D eigenvalue weighted by molar-refractivity contribution is 0.189. The average molecular weight is 403 g/mol. The van der Waals surface area contributed by atoms with E-state index in [9.17, 15) is 9.18 Å². The Balaban J connectivity index is 1.56. The van der Waals surface area contributed by atoms with Gasteiger partial charge in [-0.1, -0.05) is 18.6 Å². The average Bonchev–Trinajstić information content (AvgIpc) is 2.93. The number of hydrogen-bond donors (Lipinski definition) is 1. The molecule has 2 heterocycles. The second-order valence-corrected chi connectivity index (χ2v) is 7.83. The van der Waals surface area contributed by atoms with Gasteiger partial charge < -0.3 is 19.7 Å². The molecule has 3 rings (SSSR count). The summed E-state index contributed by atoms with van der Waals surface area (Å²) in [5.74, 6) is 1.74. The van der Waals surface area contributed by atoms with Crippen LogP contribution in [0.2, 0.25) is 0 Å². The van der Waals surface area contributed by atoms with Gasteiger partial charge in [0.15, 0.2) is 0 Å². The third-order valence-corrected chi connectivity index (χ3v) is 5.20. The van der Waals surface area contributed by atoms with E-state index in [1.54, 1.807) is 17.0 Å². The fourth-order valence-electron chi connectivity index (χ4n) is 3.51. The predicted octanol–water partition coefficient (Wildman–Crippen LogP) is 2.46. The minimum Gasteiger partial charge on any atom is -0.338 e. The van der Waals surface area contributed by atoms with Crippen molar-refractivity contribution in [1.82, 2.24) is 29.9 Å². The molecule has 0 fully saturated rings. The van der Waals surface area contributed by atoms with E-state index in [-0.39, 0.29) is 11.8 Å². The van der Waals surface area contributed by atoms with Gasteiger partial charge in [-0.25, -0.2) is 9.18 Å². The third-order valence-electron chi connectivity index (χ3n) is 5.20. The molecule has 1 aromatic heterocycles. The third kappa shape index (κ3) is 6.25. The summed E-state index contributed by atoms with van der Waals surface area (Å²) in [4.78, 5) is 16.6. The Kier molecular flexibility index (Phi) is 7.57. The van der Waals surface area contributed by atoms with Crippen LogP contribution in [0, 0.1) is 5.82 Å². The van der Waals surface area contributed by atoms with Gasteiger partial charge in [0.1, 0.15) is 17.5 Å². The number of hydrogen-bond acceptors (Lipinski definition) is 4. The fraction of sp³-hybridized carbons (Fsp3) is 0.571. The highest BCUT2D eigenvalue weighted by Gasteiger charge is 2.17. The number of nitrogens with zero attached hydrogens (tertiary/aromatic N) is 5. The van der Waals surface area contributed by atoms with Gasteiger partial charge in [-0.15, -0.1) is 10.2 Å². The monoisotopic (exact) mass is 402 g/mol. The van der Waals surface area contributed by atoms with Gasteiger partial charge in [0, 0.05) is 45.6 Å². The Bertz CT molecular complexity index is 789. The normalized spacial score (nSPS) is 13.8. The van der Waals surface area contributed by atoms with Crippen molar-refractivity contribution >= 4 is 6.03 Å². The number of halogens is 1. The van der Waals surface area contributed by atoms with Crippen molar-refractivity contribution in [2.75, 3.05) is 33.7 Å². The summed E-state index contributed by atoms with van der Waals surface area (Å²) in [6.07, 6.45) is 5.19. The first-order chi connectivity index (χ1) is 14.0. The molecule has 8 heteroatoms. The molecule has 158 valence electrons. The van der Waals surface area contributed by atoms with Crippen LogP contribution in [-0.4, -0.2) is 64.3 Å². The van der Waals surface area contributed by atoms with E-state index in [4.69, 9.17) is 0 Å². The molecule has 7 nitrogen and oxygen atoms in total. The minimum absolute atomic E-state index is 0.119. The second kappa shape index (κ2) is 10.3. The van der Waals surface area contributed by atoms with Crippen molar-refractivity contribution in [3.8, 4) is 0 Å². The van der Waals surface area contributed by atoms with E-state index in [1.165, 1.54) is 25.0 Å². The number of carbonyl (C=O) groups is 1. The molecule has 0 radical (unpaired) electrons. The number of aromatic nitrogens is 3. The Hall–Kier alpha value is -2.48. The first kappa shape index (κ1) is 21.2. The Morgan fingerprint density at radius 3 is 2.69 bits per heavy atom. The van der Waals surface area contributed by atoms with E-state index < -0.39 is 0 Å². The zero-order valence-electron chi connectivity index (χ0n) is 17.4. The van der Waals surface area contributed by atoms with E-state index in [0.29, 0.717) is 26.1 Å². The number of fused-ring (bicyclic) bond motifs is 1. The molecule has 0 unspecified atom stereocenters. The molecule has 1 aromatic carbocycles. The van der Waals surface area contributed by atoms with Crippen molar-refractivity contribution in [2.45, 2.75) is 45.2 Å². The molecule has 29 heavy (non-hydrogen) atoms. The Morgan fingerprint density at radius 2 is 1.93 bits per heavy atom. The number of likely N-dealkylation sites (N-methyl/N-ethyl adjacent to an activating group) is 1. The minimum atomic E-state index is -0.273. The quantitative estimate of drug-likeness (QED) is 0.737. The summed E-state index contributed by atoms with van der Waals surface area (Å²) in [5, 5.41) is 11.6. The van der Waals surface area contributed by atoms with E-state index in [1.807, 2.05) is 19.0 Å². The van der Waals surface area contributed by atoms with E-state index >= 15 is 0 Å². The van der Waals surface area contributed by atoms with Crippen molar-refractivity contribution in [3.63, 3.8) is 0 Å². The van der Waals surface area contributed by atoms with Crippen LogP contribution in [0.25, 0.3) is 0 Å². The number of nitrogens with one attached hydrogen (secondary N) is 1. The molecule has 1 aliphatic heterocycles. The summed E-state index contributed by atoms with van der Waals surface area (Å²) < 4.78 is 15.4. The van der Waals surface area contributed by atoms with E-state index in [2.05, 4.69) is 20.1 Å². The number of benzene rings is 1.